The SMILES string of the molecule is C=CC(=O)N1CCN(c2ccc(Br)cn2)C(=O)C1. The lowest BCUT2D eigenvalue weighted by molar-refractivity contribution is -0.133. The highest BCUT2D eigenvalue weighted by atomic mass is 79.9. The number of hydrogen-bond acceptors (Lipinski definition) is 3. The van der Waals surface area contributed by atoms with Gasteiger partial charge in [-0.1, -0.05) is 6.58 Å². The average molecular weight is 310 g/mol. The third kappa shape index (κ3) is 2.59. The Morgan fingerprint density at radius 2 is 2.22 bits per heavy atom. The van der Waals surface area contributed by atoms with Gasteiger partial charge in [-0.3, -0.25) is 14.5 Å². The maximum atomic E-state index is 12.0. The molecule has 94 valence electrons. The zero-order valence-electron chi connectivity index (χ0n) is 9.67. The van der Waals surface area contributed by atoms with E-state index in [0.29, 0.717) is 18.9 Å². The predicted octanol–water partition coefficient (Wildman–Crippen LogP) is 1.21. The van der Waals surface area contributed by atoms with Gasteiger partial charge in [-0.05, 0) is 34.1 Å². The van der Waals surface area contributed by atoms with Crippen LogP contribution in [0.25, 0.3) is 0 Å². The van der Waals surface area contributed by atoms with Gasteiger partial charge in [-0.25, -0.2) is 4.98 Å². The molecule has 1 aromatic rings. The van der Waals surface area contributed by atoms with Gasteiger partial charge >= 0.3 is 0 Å². The monoisotopic (exact) mass is 309 g/mol. The lowest BCUT2D eigenvalue weighted by Crippen LogP contribution is -2.52. The number of halogens is 1. The summed E-state index contributed by atoms with van der Waals surface area (Å²) in [6, 6.07) is 3.60. The van der Waals surface area contributed by atoms with Gasteiger partial charge in [-0.15, -0.1) is 0 Å². The van der Waals surface area contributed by atoms with Gasteiger partial charge in [0.1, 0.15) is 12.4 Å². The highest BCUT2D eigenvalue weighted by Gasteiger charge is 2.27. The second-order valence-corrected chi connectivity index (χ2v) is 4.76. The van der Waals surface area contributed by atoms with E-state index in [-0.39, 0.29) is 18.4 Å². The number of nitrogens with zero attached hydrogens (tertiary/aromatic N) is 3. The van der Waals surface area contributed by atoms with Crippen LogP contribution in [0.3, 0.4) is 0 Å². The van der Waals surface area contributed by atoms with Crippen LogP contribution in [0.4, 0.5) is 5.82 Å². The van der Waals surface area contributed by atoms with E-state index < -0.39 is 0 Å². The van der Waals surface area contributed by atoms with Crippen molar-refractivity contribution in [3.05, 3.63) is 35.5 Å². The first-order chi connectivity index (χ1) is 8.61. The number of carbonyl (C=O) groups excluding carboxylic acids is 2. The van der Waals surface area contributed by atoms with Crippen LogP contribution in [0.1, 0.15) is 0 Å². The minimum atomic E-state index is -0.216. The van der Waals surface area contributed by atoms with Crippen LogP contribution in [0.15, 0.2) is 35.5 Å². The maximum absolute atomic E-state index is 12.0. The molecule has 0 aromatic carbocycles. The molecule has 0 N–H and O–H groups in total. The molecule has 1 aliphatic heterocycles. The molecule has 0 unspecified atom stereocenters. The van der Waals surface area contributed by atoms with Crippen LogP contribution in [0.2, 0.25) is 0 Å². The Balaban J connectivity index is 2.10. The lowest BCUT2D eigenvalue weighted by Gasteiger charge is -2.33. The van der Waals surface area contributed by atoms with E-state index in [4.69, 9.17) is 0 Å². The fourth-order valence-corrected chi connectivity index (χ4v) is 1.99. The first-order valence-corrected chi connectivity index (χ1v) is 6.24. The van der Waals surface area contributed by atoms with E-state index in [9.17, 15) is 9.59 Å². The van der Waals surface area contributed by atoms with Gasteiger partial charge in [0.05, 0.1) is 0 Å². The molecule has 0 bridgehead atoms. The molecule has 2 amide bonds. The van der Waals surface area contributed by atoms with E-state index in [1.165, 1.54) is 11.0 Å². The Hall–Kier alpha value is -1.69. The topological polar surface area (TPSA) is 53.5 Å². The normalized spacial score (nSPS) is 15.7. The maximum Gasteiger partial charge on any atom is 0.247 e. The molecule has 6 heteroatoms. The molecule has 0 radical (unpaired) electrons. The number of carbonyl (C=O) groups is 2. The molecule has 1 aliphatic rings. The average Bonchev–Trinajstić information content (AvgIpc) is 2.39. The third-order valence-electron chi connectivity index (χ3n) is 2.70. The van der Waals surface area contributed by atoms with Gasteiger partial charge in [0, 0.05) is 23.8 Å². The molecule has 2 heterocycles. The Morgan fingerprint density at radius 1 is 1.44 bits per heavy atom. The number of pyridine rings is 1. The molecule has 1 saturated heterocycles. The molecule has 0 aliphatic carbocycles. The first-order valence-electron chi connectivity index (χ1n) is 5.45. The minimum Gasteiger partial charge on any atom is -0.328 e. The summed E-state index contributed by atoms with van der Waals surface area (Å²) >= 11 is 3.29. The number of anilines is 1. The van der Waals surface area contributed by atoms with E-state index in [2.05, 4.69) is 27.5 Å². The fraction of sp³-hybridized carbons (Fsp3) is 0.250. The number of amides is 2. The van der Waals surface area contributed by atoms with Crippen LogP contribution in [-0.4, -0.2) is 41.3 Å². The van der Waals surface area contributed by atoms with Gasteiger partial charge in [0.2, 0.25) is 11.8 Å². The third-order valence-corrected chi connectivity index (χ3v) is 3.16. The van der Waals surface area contributed by atoms with E-state index >= 15 is 0 Å². The van der Waals surface area contributed by atoms with Crippen molar-refractivity contribution >= 4 is 33.6 Å². The van der Waals surface area contributed by atoms with Crippen molar-refractivity contribution < 1.29 is 9.59 Å². The van der Waals surface area contributed by atoms with Crippen molar-refractivity contribution in [1.82, 2.24) is 9.88 Å². The molecular formula is C12H12BrN3O2. The van der Waals surface area contributed by atoms with Crippen LogP contribution in [-0.2, 0) is 9.59 Å². The Kier molecular flexibility index (Phi) is 3.76. The standard InChI is InChI=1S/C12H12BrN3O2/c1-2-11(17)15-5-6-16(12(18)8-15)10-4-3-9(13)7-14-10/h2-4,7H,1,5-6,8H2. The summed E-state index contributed by atoms with van der Waals surface area (Å²) in [6.45, 7) is 4.43. The Bertz CT molecular complexity index is 487. The van der Waals surface area contributed by atoms with Gasteiger partial charge in [0.15, 0.2) is 0 Å². The summed E-state index contributed by atoms with van der Waals surface area (Å²) in [5.41, 5.74) is 0. The lowest BCUT2D eigenvalue weighted by atomic mass is 10.3. The molecule has 0 spiro atoms. The molecule has 1 aromatic heterocycles. The quantitative estimate of drug-likeness (QED) is 0.772. The molecule has 0 atom stereocenters. The number of hydrogen-bond donors (Lipinski definition) is 0. The molecule has 2 rings (SSSR count). The number of rotatable bonds is 2. The fourth-order valence-electron chi connectivity index (χ4n) is 1.76. The zero-order valence-corrected chi connectivity index (χ0v) is 11.3. The van der Waals surface area contributed by atoms with E-state index in [0.717, 1.165) is 4.47 Å². The summed E-state index contributed by atoms with van der Waals surface area (Å²) in [4.78, 5) is 30.6. The second kappa shape index (κ2) is 5.30. The van der Waals surface area contributed by atoms with Crippen molar-refractivity contribution in [3.63, 3.8) is 0 Å². The Morgan fingerprint density at radius 3 is 2.78 bits per heavy atom. The molecule has 5 nitrogen and oxygen atoms in total. The van der Waals surface area contributed by atoms with Crippen LogP contribution < -0.4 is 4.90 Å². The summed E-state index contributed by atoms with van der Waals surface area (Å²) in [7, 11) is 0. The highest BCUT2D eigenvalue weighted by molar-refractivity contribution is 9.10. The van der Waals surface area contributed by atoms with Crippen molar-refractivity contribution in [2.75, 3.05) is 24.5 Å². The first kappa shape index (κ1) is 12.8. The van der Waals surface area contributed by atoms with Crippen molar-refractivity contribution in [3.8, 4) is 0 Å². The summed E-state index contributed by atoms with van der Waals surface area (Å²) < 4.78 is 0.860. The molecule has 1 fully saturated rings. The van der Waals surface area contributed by atoms with Gasteiger partial charge < -0.3 is 4.90 Å². The summed E-state index contributed by atoms with van der Waals surface area (Å²) in [5.74, 6) is 0.256. The Labute approximate surface area is 113 Å². The largest absolute Gasteiger partial charge is 0.328 e. The van der Waals surface area contributed by atoms with Crippen LogP contribution >= 0.6 is 15.9 Å². The predicted molar refractivity (Wildman–Crippen MR) is 71.1 cm³/mol. The smallest absolute Gasteiger partial charge is 0.247 e. The van der Waals surface area contributed by atoms with Crippen LogP contribution in [0, 0.1) is 0 Å². The summed E-state index contributed by atoms with van der Waals surface area (Å²) in [6.07, 6.45) is 2.87. The van der Waals surface area contributed by atoms with Crippen molar-refractivity contribution in [1.29, 1.82) is 0 Å². The number of piperazine rings is 1. The van der Waals surface area contributed by atoms with E-state index in [1.807, 2.05) is 6.07 Å². The van der Waals surface area contributed by atoms with Crippen molar-refractivity contribution in [2.45, 2.75) is 0 Å². The summed E-state index contributed by atoms with van der Waals surface area (Å²) in [5, 5.41) is 0. The van der Waals surface area contributed by atoms with E-state index in [1.54, 1.807) is 17.2 Å². The van der Waals surface area contributed by atoms with Gasteiger partial charge in [-0.2, -0.15) is 0 Å². The van der Waals surface area contributed by atoms with Crippen molar-refractivity contribution in [2.24, 2.45) is 0 Å². The highest BCUT2D eigenvalue weighted by Crippen LogP contribution is 2.17. The molecule has 18 heavy (non-hydrogen) atoms. The molecular weight excluding hydrogens is 298 g/mol. The minimum absolute atomic E-state index is 0.0720. The number of aromatic nitrogens is 1. The zero-order chi connectivity index (χ0) is 13.1. The molecule has 0 saturated carbocycles. The second-order valence-electron chi connectivity index (χ2n) is 3.84. The van der Waals surface area contributed by atoms with Gasteiger partial charge in [0.25, 0.3) is 0 Å². The van der Waals surface area contributed by atoms with Crippen LogP contribution in [0.5, 0.6) is 0 Å².